The van der Waals surface area contributed by atoms with Crippen LogP contribution in [-0.4, -0.2) is 42.9 Å². The molecule has 2 amide bonds. The first-order chi connectivity index (χ1) is 12.4. The van der Waals surface area contributed by atoms with Crippen LogP contribution in [0.3, 0.4) is 0 Å². The van der Waals surface area contributed by atoms with E-state index in [0.29, 0.717) is 6.61 Å². The highest BCUT2D eigenvalue weighted by molar-refractivity contribution is 5.94. The molecule has 0 aliphatic carbocycles. The Bertz CT molecular complexity index is 722. The van der Waals surface area contributed by atoms with Gasteiger partial charge in [0.2, 0.25) is 5.91 Å². The fourth-order valence-corrected chi connectivity index (χ4v) is 2.66. The molecule has 0 bridgehead atoms. The number of nitrogens with one attached hydrogen (secondary N) is 2. The van der Waals surface area contributed by atoms with Crippen LogP contribution in [0.2, 0.25) is 0 Å². The van der Waals surface area contributed by atoms with E-state index in [9.17, 15) is 18.4 Å². The van der Waals surface area contributed by atoms with E-state index in [0.717, 1.165) is 12.1 Å². The van der Waals surface area contributed by atoms with Gasteiger partial charge in [-0.1, -0.05) is 13.8 Å². The number of carbonyl (C=O) groups is 2. The maximum Gasteiger partial charge on any atom is 0.251 e. The molecule has 6 nitrogen and oxygen atoms in total. The maximum absolute atomic E-state index is 13.2. The summed E-state index contributed by atoms with van der Waals surface area (Å²) in [4.78, 5) is 24.6. The number of rotatable bonds is 5. The van der Waals surface area contributed by atoms with E-state index < -0.39 is 40.9 Å². The lowest BCUT2D eigenvalue weighted by molar-refractivity contribution is -0.304. The number of halogens is 2. The molecule has 8 heteroatoms. The summed E-state index contributed by atoms with van der Waals surface area (Å²) >= 11 is 0. The highest BCUT2D eigenvalue weighted by Gasteiger charge is 2.45. The van der Waals surface area contributed by atoms with Crippen molar-refractivity contribution in [2.24, 2.45) is 5.41 Å². The van der Waals surface area contributed by atoms with E-state index in [1.807, 2.05) is 13.8 Å². The summed E-state index contributed by atoms with van der Waals surface area (Å²) in [6.07, 6.45) is -0.699. The first-order valence-electron chi connectivity index (χ1n) is 8.77. The Morgan fingerprint density at radius 3 is 2.52 bits per heavy atom. The average Bonchev–Trinajstić information content (AvgIpc) is 2.57. The Kier molecular flexibility index (Phi) is 6.21. The Balaban J connectivity index is 1.90. The molecule has 0 unspecified atom stereocenters. The van der Waals surface area contributed by atoms with Gasteiger partial charge in [-0.15, -0.1) is 0 Å². The smallest absolute Gasteiger partial charge is 0.251 e. The molecule has 27 heavy (non-hydrogen) atoms. The van der Waals surface area contributed by atoms with E-state index in [4.69, 9.17) is 9.47 Å². The second-order valence-corrected chi connectivity index (χ2v) is 7.92. The van der Waals surface area contributed by atoms with Crippen molar-refractivity contribution in [1.29, 1.82) is 0 Å². The van der Waals surface area contributed by atoms with Gasteiger partial charge in [-0.3, -0.25) is 9.59 Å². The fraction of sp³-hybridized carbons (Fsp3) is 0.579. The van der Waals surface area contributed by atoms with Crippen LogP contribution in [0.1, 0.15) is 45.0 Å². The predicted octanol–water partition coefficient (Wildman–Crippen LogP) is 2.38. The van der Waals surface area contributed by atoms with E-state index in [-0.39, 0.29) is 18.0 Å². The molecule has 0 spiro atoms. The van der Waals surface area contributed by atoms with Crippen LogP contribution in [0.4, 0.5) is 8.78 Å². The first kappa shape index (κ1) is 21.2. The van der Waals surface area contributed by atoms with Gasteiger partial charge >= 0.3 is 0 Å². The van der Waals surface area contributed by atoms with Crippen LogP contribution in [0, 0.1) is 17.0 Å². The molecule has 2 atom stereocenters. The molecule has 1 aromatic rings. The van der Waals surface area contributed by atoms with Gasteiger partial charge in [-0.25, -0.2) is 8.78 Å². The van der Waals surface area contributed by atoms with Gasteiger partial charge < -0.3 is 20.1 Å². The second kappa shape index (κ2) is 7.90. The summed E-state index contributed by atoms with van der Waals surface area (Å²) in [6.45, 7) is 9.46. The molecule has 1 aromatic carbocycles. The van der Waals surface area contributed by atoms with Crippen LogP contribution in [0.15, 0.2) is 18.2 Å². The number of hydrogen-bond donors (Lipinski definition) is 2. The molecule has 1 aliphatic rings. The zero-order chi connectivity index (χ0) is 20.4. The van der Waals surface area contributed by atoms with Crippen molar-refractivity contribution < 1.29 is 27.8 Å². The highest BCUT2D eigenvalue weighted by Crippen LogP contribution is 2.34. The van der Waals surface area contributed by atoms with Crippen molar-refractivity contribution >= 4 is 11.8 Å². The SMILES string of the molecule is C[C@@H](CNC(=O)[C@@H]1OC(C)(C)OCC1(C)C)NC(=O)c1ccc(F)c(F)c1. The van der Waals surface area contributed by atoms with Crippen molar-refractivity contribution in [3.8, 4) is 0 Å². The van der Waals surface area contributed by atoms with Crippen molar-refractivity contribution in [1.82, 2.24) is 10.6 Å². The van der Waals surface area contributed by atoms with Gasteiger partial charge in [-0.2, -0.15) is 0 Å². The molecular weight excluding hydrogens is 358 g/mol. The monoisotopic (exact) mass is 384 g/mol. The molecule has 150 valence electrons. The number of amides is 2. The number of carbonyl (C=O) groups excluding carboxylic acids is 2. The number of benzene rings is 1. The van der Waals surface area contributed by atoms with Crippen molar-refractivity contribution in [3.05, 3.63) is 35.4 Å². The molecule has 1 fully saturated rings. The Morgan fingerprint density at radius 1 is 1.22 bits per heavy atom. The molecule has 0 saturated carbocycles. The van der Waals surface area contributed by atoms with Crippen LogP contribution in [0.5, 0.6) is 0 Å². The van der Waals surface area contributed by atoms with Gasteiger partial charge in [0, 0.05) is 23.6 Å². The summed E-state index contributed by atoms with van der Waals surface area (Å²) in [6, 6.07) is 2.49. The maximum atomic E-state index is 13.2. The first-order valence-corrected chi connectivity index (χ1v) is 8.77. The number of hydrogen-bond acceptors (Lipinski definition) is 4. The quantitative estimate of drug-likeness (QED) is 0.817. The van der Waals surface area contributed by atoms with E-state index in [1.54, 1.807) is 20.8 Å². The molecule has 2 rings (SSSR count). The third-order valence-electron chi connectivity index (χ3n) is 4.28. The molecule has 1 heterocycles. The topological polar surface area (TPSA) is 76.7 Å². The fourth-order valence-electron chi connectivity index (χ4n) is 2.66. The highest BCUT2D eigenvalue weighted by atomic mass is 19.2. The lowest BCUT2D eigenvalue weighted by Crippen LogP contribution is -2.57. The van der Waals surface area contributed by atoms with Crippen molar-refractivity contribution in [2.45, 2.75) is 52.6 Å². The standard InChI is InChI=1S/C19H26F2N2O4/c1-11(23-16(24)12-6-7-13(20)14(21)8-12)9-22-17(25)15-18(2,3)10-26-19(4,5)27-15/h6-8,11,15H,9-10H2,1-5H3,(H,22,25)(H,23,24)/t11-,15-/m0/s1. The second-order valence-electron chi connectivity index (χ2n) is 7.92. The van der Waals surface area contributed by atoms with Crippen molar-refractivity contribution in [2.75, 3.05) is 13.2 Å². The largest absolute Gasteiger partial charge is 0.352 e. The minimum atomic E-state index is -1.09. The van der Waals surface area contributed by atoms with Gasteiger partial charge in [-0.05, 0) is 39.0 Å². The van der Waals surface area contributed by atoms with E-state index in [2.05, 4.69) is 10.6 Å². The zero-order valence-corrected chi connectivity index (χ0v) is 16.2. The van der Waals surface area contributed by atoms with Crippen LogP contribution in [-0.2, 0) is 14.3 Å². The van der Waals surface area contributed by atoms with Crippen molar-refractivity contribution in [3.63, 3.8) is 0 Å². The minimum Gasteiger partial charge on any atom is -0.352 e. The number of ether oxygens (including phenoxy) is 2. The molecular formula is C19H26F2N2O4. The summed E-state index contributed by atoms with van der Waals surface area (Å²) in [5, 5.41) is 5.38. The van der Waals surface area contributed by atoms with Gasteiger partial charge in [0.05, 0.1) is 6.61 Å². The zero-order valence-electron chi connectivity index (χ0n) is 16.2. The molecule has 2 N–H and O–H groups in total. The summed E-state index contributed by atoms with van der Waals surface area (Å²) in [5.41, 5.74) is -0.500. The van der Waals surface area contributed by atoms with Gasteiger partial charge in [0.25, 0.3) is 5.91 Å². The predicted molar refractivity (Wildman–Crippen MR) is 95.0 cm³/mol. The molecule has 0 aromatic heterocycles. The molecule has 0 radical (unpaired) electrons. The van der Waals surface area contributed by atoms with Crippen LogP contribution >= 0.6 is 0 Å². The normalized spacial score (nSPS) is 22.0. The lowest BCUT2D eigenvalue weighted by atomic mass is 9.85. The average molecular weight is 384 g/mol. The van der Waals surface area contributed by atoms with Crippen LogP contribution in [0.25, 0.3) is 0 Å². The minimum absolute atomic E-state index is 0.00252. The van der Waals surface area contributed by atoms with Gasteiger partial charge in [0.1, 0.15) is 6.10 Å². The summed E-state index contributed by atoms with van der Waals surface area (Å²) < 4.78 is 37.5. The lowest BCUT2D eigenvalue weighted by Gasteiger charge is -2.44. The Labute approximate surface area is 157 Å². The third kappa shape index (κ3) is 5.46. The molecule has 1 aliphatic heterocycles. The Hall–Kier alpha value is -2.06. The van der Waals surface area contributed by atoms with Crippen LogP contribution < -0.4 is 10.6 Å². The summed E-state index contributed by atoms with van der Waals surface area (Å²) in [7, 11) is 0. The Morgan fingerprint density at radius 2 is 1.89 bits per heavy atom. The van der Waals surface area contributed by atoms with Gasteiger partial charge in [0.15, 0.2) is 17.4 Å². The van der Waals surface area contributed by atoms with E-state index >= 15 is 0 Å². The van der Waals surface area contributed by atoms with E-state index in [1.165, 1.54) is 6.07 Å². The third-order valence-corrected chi connectivity index (χ3v) is 4.28. The molecule has 1 saturated heterocycles. The summed E-state index contributed by atoms with van der Waals surface area (Å²) in [5.74, 6) is -3.83.